The second kappa shape index (κ2) is 5.67. The van der Waals surface area contributed by atoms with Crippen LogP contribution in [0.25, 0.3) is 0 Å². The highest BCUT2D eigenvalue weighted by molar-refractivity contribution is 5.86. The molecule has 0 aromatic carbocycles. The zero-order chi connectivity index (χ0) is 13.9. The second-order valence-corrected chi connectivity index (χ2v) is 5.39. The number of hydrogen-bond acceptors (Lipinski definition) is 4. The number of rotatable bonds is 5. The zero-order valence-electron chi connectivity index (χ0n) is 11.1. The molecule has 1 rings (SSSR count). The molecule has 1 heterocycles. The van der Waals surface area contributed by atoms with Crippen LogP contribution in [-0.2, 0) is 9.59 Å². The van der Waals surface area contributed by atoms with Gasteiger partial charge in [0.1, 0.15) is 0 Å². The number of hydrogen-bond donors (Lipinski definition) is 3. The molecule has 1 saturated heterocycles. The van der Waals surface area contributed by atoms with E-state index in [0.717, 1.165) is 0 Å². The quantitative estimate of drug-likeness (QED) is 0.628. The van der Waals surface area contributed by atoms with Crippen molar-refractivity contribution in [3.63, 3.8) is 0 Å². The first kappa shape index (κ1) is 14.9. The molecule has 104 valence electrons. The van der Waals surface area contributed by atoms with Crippen molar-refractivity contribution >= 4 is 11.9 Å². The molecule has 0 spiro atoms. The van der Waals surface area contributed by atoms with Gasteiger partial charge in [-0.2, -0.15) is 0 Å². The molecule has 6 nitrogen and oxygen atoms in total. The number of carbonyl (C=O) groups excluding carboxylic acids is 1. The minimum Gasteiger partial charge on any atom is -0.481 e. The van der Waals surface area contributed by atoms with Crippen LogP contribution in [0, 0.1) is 5.92 Å². The predicted molar refractivity (Wildman–Crippen MR) is 66.1 cm³/mol. The summed E-state index contributed by atoms with van der Waals surface area (Å²) in [6.45, 7) is 6.86. The lowest BCUT2D eigenvalue weighted by atomic mass is 9.91. The van der Waals surface area contributed by atoms with E-state index in [0.29, 0.717) is 19.6 Å². The first-order valence-electron chi connectivity index (χ1n) is 6.20. The normalized spacial score (nSPS) is 24.7. The van der Waals surface area contributed by atoms with Gasteiger partial charge >= 0.3 is 5.97 Å². The van der Waals surface area contributed by atoms with Gasteiger partial charge in [-0.15, -0.1) is 0 Å². The molecule has 2 unspecified atom stereocenters. The van der Waals surface area contributed by atoms with Crippen LogP contribution < -0.4 is 5.32 Å². The summed E-state index contributed by atoms with van der Waals surface area (Å²) in [5, 5.41) is 21.8. The van der Waals surface area contributed by atoms with Crippen molar-refractivity contribution in [2.45, 2.75) is 38.8 Å². The summed E-state index contributed by atoms with van der Waals surface area (Å²) in [6, 6.07) is -0.693. The molecule has 0 bridgehead atoms. The molecule has 1 aliphatic heterocycles. The molecular weight excluding hydrogens is 236 g/mol. The fourth-order valence-corrected chi connectivity index (χ4v) is 1.93. The topological polar surface area (TPSA) is 89.9 Å². The van der Waals surface area contributed by atoms with E-state index in [1.165, 1.54) is 0 Å². The average molecular weight is 258 g/mol. The third-order valence-corrected chi connectivity index (χ3v) is 3.58. The molecule has 0 aliphatic carbocycles. The Kier molecular flexibility index (Phi) is 4.70. The van der Waals surface area contributed by atoms with Crippen molar-refractivity contribution in [1.82, 2.24) is 10.2 Å². The number of carboxylic acid groups (broad SMARTS) is 1. The Balaban J connectivity index is 2.77. The van der Waals surface area contributed by atoms with Gasteiger partial charge in [-0.25, -0.2) is 0 Å². The standard InChI is InChI=1S/C12H22N2O4/c1-8(2)12(3,18)7-14-5-4-13-11(17)9(14)6-10(15)16/h8-9,18H,4-7H2,1-3H3,(H,13,17)(H,15,16). The Hall–Kier alpha value is -1.14. The van der Waals surface area contributed by atoms with Crippen molar-refractivity contribution in [3.8, 4) is 0 Å². The van der Waals surface area contributed by atoms with Crippen LogP contribution in [0.3, 0.4) is 0 Å². The van der Waals surface area contributed by atoms with Crippen LogP contribution in [0.1, 0.15) is 27.2 Å². The maximum Gasteiger partial charge on any atom is 0.305 e. The van der Waals surface area contributed by atoms with Gasteiger partial charge in [0.25, 0.3) is 0 Å². The highest BCUT2D eigenvalue weighted by Crippen LogP contribution is 2.20. The van der Waals surface area contributed by atoms with Crippen LogP contribution in [0.5, 0.6) is 0 Å². The number of carbonyl (C=O) groups is 2. The maximum atomic E-state index is 11.7. The fraction of sp³-hybridized carbons (Fsp3) is 0.833. The number of nitrogens with one attached hydrogen (secondary N) is 1. The van der Waals surface area contributed by atoms with Crippen molar-refractivity contribution in [2.24, 2.45) is 5.92 Å². The van der Waals surface area contributed by atoms with Crippen molar-refractivity contribution in [1.29, 1.82) is 0 Å². The molecule has 1 amide bonds. The van der Waals surface area contributed by atoms with Crippen molar-refractivity contribution in [2.75, 3.05) is 19.6 Å². The van der Waals surface area contributed by atoms with E-state index >= 15 is 0 Å². The fourth-order valence-electron chi connectivity index (χ4n) is 1.93. The Bertz CT molecular complexity index is 328. The first-order valence-corrected chi connectivity index (χ1v) is 6.20. The molecular formula is C12H22N2O4. The molecule has 0 aromatic heterocycles. The average Bonchev–Trinajstić information content (AvgIpc) is 2.22. The third kappa shape index (κ3) is 3.68. The number of aliphatic hydroxyl groups is 1. The van der Waals surface area contributed by atoms with Gasteiger partial charge in [0.15, 0.2) is 0 Å². The van der Waals surface area contributed by atoms with Crippen molar-refractivity contribution in [3.05, 3.63) is 0 Å². The molecule has 1 aliphatic rings. The van der Waals surface area contributed by atoms with E-state index in [1.807, 2.05) is 13.8 Å². The molecule has 18 heavy (non-hydrogen) atoms. The lowest BCUT2D eigenvalue weighted by Crippen LogP contribution is -2.59. The predicted octanol–water partition coefficient (Wildman–Crippen LogP) is -0.331. The van der Waals surface area contributed by atoms with E-state index < -0.39 is 17.6 Å². The minimum atomic E-state index is -1.01. The number of β-amino-alcohol motifs (C(OH)–C–C–N with tert-alkyl or cyclic N) is 1. The summed E-state index contributed by atoms with van der Waals surface area (Å²) in [6.07, 6.45) is -0.236. The lowest BCUT2D eigenvalue weighted by molar-refractivity contribution is -0.144. The minimum absolute atomic E-state index is 0.0352. The summed E-state index contributed by atoms with van der Waals surface area (Å²) in [7, 11) is 0. The molecule has 2 atom stereocenters. The van der Waals surface area contributed by atoms with E-state index in [2.05, 4.69) is 5.32 Å². The van der Waals surface area contributed by atoms with Gasteiger partial charge in [-0.3, -0.25) is 14.5 Å². The van der Waals surface area contributed by atoms with Crippen LogP contribution >= 0.6 is 0 Å². The highest BCUT2D eigenvalue weighted by Gasteiger charge is 2.36. The number of amides is 1. The first-order chi connectivity index (χ1) is 8.24. The Labute approximate surface area is 107 Å². The third-order valence-electron chi connectivity index (χ3n) is 3.58. The number of nitrogens with zero attached hydrogens (tertiary/aromatic N) is 1. The van der Waals surface area contributed by atoms with Crippen LogP contribution in [0.2, 0.25) is 0 Å². The summed E-state index contributed by atoms with van der Waals surface area (Å²) in [5.74, 6) is -1.25. The summed E-state index contributed by atoms with van der Waals surface area (Å²) < 4.78 is 0. The summed E-state index contributed by atoms with van der Waals surface area (Å²) in [4.78, 5) is 24.2. The number of piperazine rings is 1. The Morgan fingerprint density at radius 1 is 1.61 bits per heavy atom. The maximum absolute atomic E-state index is 11.7. The largest absolute Gasteiger partial charge is 0.481 e. The van der Waals surface area contributed by atoms with Gasteiger partial charge in [-0.1, -0.05) is 13.8 Å². The molecule has 3 N–H and O–H groups in total. The van der Waals surface area contributed by atoms with E-state index in [-0.39, 0.29) is 18.2 Å². The molecule has 6 heteroatoms. The van der Waals surface area contributed by atoms with Gasteiger partial charge < -0.3 is 15.5 Å². The SMILES string of the molecule is CC(C)C(C)(O)CN1CCNC(=O)C1CC(=O)O. The zero-order valence-corrected chi connectivity index (χ0v) is 11.1. The molecule has 1 fully saturated rings. The van der Waals surface area contributed by atoms with Gasteiger partial charge in [0, 0.05) is 19.6 Å². The second-order valence-electron chi connectivity index (χ2n) is 5.39. The Morgan fingerprint density at radius 2 is 2.22 bits per heavy atom. The van der Waals surface area contributed by atoms with E-state index in [9.17, 15) is 14.7 Å². The van der Waals surface area contributed by atoms with Gasteiger partial charge in [0.2, 0.25) is 5.91 Å². The Morgan fingerprint density at radius 3 is 2.72 bits per heavy atom. The van der Waals surface area contributed by atoms with Crippen LogP contribution in [0.4, 0.5) is 0 Å². The smallest absolute Gasteiger partial charge is 0.305 e. The monoisotopic (exact) mass is 258 g/mol. The van der Waals surface area contributed by atoms with E-state index in [4.69, 9.17) is 5.11 Å². The number of carboxylic acids is 1. The van der Waals surface area contributed by atoms with Gasteiger partial charge in [-0.05, 0) is 12.8 Å². The molecule has 0 saturated carbocycles. The number of aliphatic carboxylic acids is 1. The molecule has 0 radical (unpaired) electrons. The lowest BCUT2D eigenvalue weighted by Gasteiger charge is -2.40. The van der Waals surface area contributed by atoms with Crippen LogP contribution in [0.15, 0.2) is 0 Å². The highest BCUT2D eigenvalue weighted by atomic mass is 16.4. The van der Waals surface area contributed by atoms with Gasteiger partial charge in [0.05, 0.1) is 18.1 Å². The molecule has 0 aromatic rings. The van der Waals surface area contributed by atoms with Crippen LogP contribution in [-0.4, -0.2) is 58.3 Å². The summed E-state index contributed by atoms with van der Waals surface area (Å²) >= 11 is 0. The van der Waals surface area contributed by atoms with Crippen molar-refractivity contribution < 1.29 is 19.8 Å². The summed E-state index contributed by atoms with van der Waals surface area (Å²) in [5.41, 5.74) is -0.936. The van der Waals surface area contributed by atoms with E-state index in [1.54, 1.807) is 11.8 Å².